The fourth-order valence-corrected chi connectivity index (χ4v) is 3.42. The van der Waals surface area contributed by atoms with Gasteiger partial charge in [0.15, 0.2) is 0 Å². The molecule has 24 heavy (non-hydrogen) atoms. The molecule has 0 spiro atoms. The summed E-state index contributed by atoms with van der Waals surface area (Å²) in [6, 6.07) is 0. The summed E-state index contributed by atoms with van der Waals surface area (Å²) in [7, 11) is -4.37. The third-order valence-electron chi connectivity index (χ3n) is 5.47. The molecular weight excluding hydrogens is 336 g/mol. The van der Waals surface area contributed by atoms with E-state index < -0.39 is 22.0 Å². The van der Waals surface area contributed by atoms with Gasteiger partial charge >= 0.3 is 0 Å². The molecule has 0 heterocycles. The Kier molecular flexibility index (Phi) is 6.76. The van der Waals surface area contributed by atoms with Gasteiger partial charge in [0.25, 0.3) is 28.6 Å². The molecule has 0 radical (unpaired) electrons. The van der Waals surface area contributed by atoms with E-state index in [0.29, 0.717) is 0 Å². The number of hydrogen-bond acceptors (Lipinski definition) is 4. The fraction of sp³-hybridized carbons (Fsp3) is 0.889. The molecule has 0 aliphatic heterocycles. The molecular formula is C18H38O4Si2. The second-order valence-electron chi connectivity index (χ2n) is 10.4. The zero-order valence-corrected chi connectivity index (χ0v) is 19.8. The van der Waals surface area contributed by atoms with Crippen molar-refractivity contribution in [3.8, 4) is 0 Å². The fourth-order valence-electron chi connectivity index (χ4n) is 1.43. The number of carbonyl (C=O) groups excluding carboxylic acids is 2. The molecule has 0 N–H and O–H groups in total. The van der Waals surface area contributed by atoms with Crippen LogP contribution >= 0.6 is 0 Å². The van der Waals surface area contributed by atoms with E-state index in [-0.39, 0.29) is 28.4 Å². The molecule has 0 aromatic rings. The summed E-state index contributed by atoms with van der Waals surface area (Å²) in [6.45, 7) is 24.2. The molecule has 0 amide bonds. The Morgan fingerprint density at radius 2 is 1.04 bits per heavy atom. The van der Waals surface area contributed by atoms with Crippen molar-refractivity contribution in [3.05, 3.63) is 0 Å². The molecule has 0 unspecified atom stereocenters. The van der Waals surface area contributed by atoms with Gasteiger partial charge in [-0.2, -0.15) is 0 Å². The van der Waals surface area contributed by atoms with Gasteiger partial charge in [-0.15, -0.1) is 0 Å². The largest absolute Gasteiger partial charge is 0.519 e. The molecule has 0 saturated carbocycles. The van der Waals surface area contributed by atoms with Crippen molar-refractivity contribution >= 4 is 28.6 Å². The predicted octanol–water partition coefficient (Wildman–Crippen LogP) is 5.50. The summed E-state index contributed by atoms with van der Waals surface area (Å²) < 4.78 is 11.7. The van der Waals surface area contributed by atoms with E-state index in [0.717, 1.165) is 0 Å². The van der Waals surface area contributed by atoms with Crippen LogP contribution in [0.1, 0.15) is 61.8 Å². The van der Waals surface area contributed by atoms with Crippen LogP contribution in [0.25, 0.3) is 0 Å². The van der Waals surface area contributed by atoms with Gasteiger partial charge in [-0.3, -0.25) is 9.59 Å². The van der Waals surface area contributed by atoms with Gasteiger partial charge in [0.1, 0.15) is 0 Å². The molecule has 0 rings (SSSR count). The molecule has 4 nitrogen and oxygen atoms in total. The minimum Gasteiger partial charge on any atom is -0.519 e. The molecule has 0 aliphatic carbocycles. The lowest BCUT2D eigenvalue weighted by molar-refractivity contribution is -0.151. The maximum Gasteiger partial charge on any atom is 0.298 e. The molecule has 0 atom stereocenters. The standard InChI is InChI=1S/C18H38O4Si2/c1-16(2,3)23(9,10)21-14(19)13-18(7,8)15(20)22-24(11,12)17(4,5)6/h13H2,1-12H3. The lowest BCUT2D eigenvalue weighted by atomic mass is 9.90. The Morgan fingerprint density at radius 3 is 1.38 bits per heavy atom. The van der Waals surface area contributed by atoms with Crippen LogP contribution in [0.2, 0.25) is 36.3 Å². The zero-order valence-electron chi connectivity index (χ0n) is 17.8. The highest BCUT2D eigenvalue weighted by molar-refractivity contribution is 6.76. The summed E-state index contributed by atoms with van der Waals surface area (Å²) >= 11 is 0. The van der Waals surface area contributed by atoms with Gasteiger partial charge < -0.3 is 8.85 Å². The number of hydrogen-bond donors (Lipinski definition) is 0. The molecule has 0 fully saturated rings. The highest BCUT2D eigenvalue weighted by Crippen LogP contribution is 2.40. The summed E-state index contributed by atoms with van der Waals surface area (Å²) in [5, 5.41) is -0.102. The average Bonchev–Trinajstić information content (AvgIpc) is 2.22. The van der Waals surface area contributed by atoms with Crippen LogP contribution < -0.4 is 0 Å². The maximum atomic E-state index is 12.6. The summed E-state index contributed by atoms with van der Waals surface area (Å²) in [5.74, 6) is -0.611. The average molecular weight is 375 g/mol. The van der Waals surface area contributed by atoms with Crippen molar-refractivity contribution in [2.24, 2.45) is 5.41 Å². The van der Waals surface area contributed by atoms with Gasteiger partial charge in [0.05, 0.1) is 11.8 Å². The third kappa shape index (κ3) is 6.02. The van der Waals surface area contributed by atoms with Crippen molar-refractivity contribution < 1.29 is 18.4 Å². The van der Waals surface area contributed by atoms with Crippen LogP contribution in [0, 0.1) is 5.41 Å². The van der Waals surface area contributed by atoms with Gasteiger partial charge in [0, 0.05) is 0 Å². The second-order valence-corrected chi connectivity index (χ2v) is 19.9. The van der Waals surface area contributed by atoms with Crippen LogP contribution in [-0.2, 0) is 18.4 Å². The van der Waals surface area contributed by atoms with Crippen molar-refractivity contribution in [1.82, 2.24) is 0 Å². The van der Waals surface area contributed by atoms with E-state index in [2.05, 4.69) is 41.5 Å². The summed E-state index contributed by atoms with van der Waals surface area (Å²) in [6.07, 6.45) is 0.0486. The van der Waals surface area contributed by atoms with Crippen molar-refractivity contribution in [2.75, 3.05) is 0 Å². The lowest BCUT2D eigenvalue weighted by Gasteiger charge is -2.39. The second kappa shape index (κ2) is 6.94. The number of carbonyl (C=O) groups is 2. The minimum absolute atomic E-state index is 0.0472. The topological polar surface area (TPSA) is 52.6 Å². The van der Waals surface area contributed by atoms with E-state index in [1.165, 1.54) is 0 Å². The van der Waals surface area contributed by atoms with Crippen molar-refractivity contribution in [2.45, 2.75) is 98.1 Å². The van der Waals surface area contributed by atoms with Gasteiger partial charge in [-0.25, -0.2) is 0 Å². The summed E-state index contributed by atoms with van der Waals surface area (Å²) in [5.41, 5.74) is -0.880. The quantitative estimate of drug-likeness (QED) is 0.596. The molecule has 0 aromatic heterocycles. The maximum absolute atomic E-state index is 12.6. The van der Waals surface area contributed by atoms with E-state index in [1.54, 1.807) is 13.8 Å². The van der Waals surface area contributed by atoms with Crippen molar-refractivity contribution in [3.63, 3.8) is 0 Å². The Hall–Kier alpha value is -0.626. The Labute approximate surface area is 151 Å². The normalized spacial score (nSPS) is 14.3. The van der Waals surface area contributed by atoms with E-state index >= 15 is 0 Å². The van der Waals surface area contributed by atoms with E-state index in [9.17, 15) is 9.59 Å². The molecule has 0 bridgehead atoms. The highest BCUT2D eigenvalue weighted by Gasteiger charge is 2.45. The predicted molar refractivity (Wildman–Crippen MR) is 105 cm³/mol. The summed E-state index contributed by atoms with van der Waals surface area (Å²) in [4.78, 5) is 25.0. The van der Waals surface area contributed by atoms with Gasteiger partial charge in [0.2, 0.25) is 0 Å². The van der Waals surface area contributed by atoms with Crippen LogP contribution in [0.4, 0.5) is 0 Å². The molecule has 0 saturated heterocycles. The smallest absolute Gasteiger partial charge is 0.298 e. The van der Waals surface area contributed by atoms with Crippen LogP contribution in [0.3, 0.4) is 0 Å². The lowest BCUT2D eigenvalue weighted by Crippen LogP contribution is -2.47. The van der Waals surface area contributed by atoms with E-state index in [1.807, 2.05) is 26.2 Å². The van der Waals surface area contributed by atoms with Gasteiger partial charge in [-0.05, 0) is 50.1 Å². The zero-order chi connectivity index (χ0) is 19.8. The first-order valence-electron chi connectivity index (χ1n) is 8.68. The molecule has 142 valence electrons. The molecule has 0 aliphatic rings. The van der Waals surface area contributed by atoms with Crippen molar-refractivity contribution in [1.29, 1.82) is 0 Å². The van der Waals surface area contributed by atoms with Crippen LogP contribution in [0.5, 0.6) is 0 Å². The molecule has 0 aromatic carbocycles. The molecule has 6 heteroatoms. The Morgan fingerprint density at radius 1 is 0.708 bits per heavy atom. The highest BCUT2D eigenvalue weighted by atomic mass is 28.4. The minimum atomic E-state index is -2.20. The van der Waals surface area contributed by atoms with Gasteiger partial charge in [-0.1, -0.05) is 41.5 Å². The van der Waals surface area contributed by atoms with Crippen LogP contribution in [-0.4, -0.2) is 28.6 Å². The first-order chi connectivity index (χ1) is 10.2. The van der Waals surface area contributed by atoms with Crippen LogP contribution in [0.15, 0.2) is 0 Å². The first kappa shape index (κ1) is 23.4. The SMILES string of the molecule is CC(C)(CC(=O)O[Si](C)(C)C(C)(C)C)C(=O)O[Si](C)(C)C(C)(C)C. The third-order valence-corrected chi connectivity index (χ3v) is 14.1. The van der Waals surface area contributed by atoms with E-state index in [4.69, 9.17) is 8.85 Å². The monoisotopic (exact) mass is 374 g/mol. The first-order valence-corrected chi connectivity index (χ1v) is 14.5. The Balaban J connectivity index is 5.04. The number of rotatable bonds is 5. The Bertz CT molecular complexity index is 480.